The molecule has 4 aromatic rings. The Labute approximate surface area is 181 Å². The molecule has 0 amide bonds. The van der Waals surface area contributed by atoms with Gasteiger partial charge in [0.2, 0.25) is 0 Å². The predicted octanol–water partition coefficient (Wildman–Crippen LogP) is 6.17. The van der Waals surface area contributed by atoms with Gasteiger partial charge in [-0.2, -0.15) is 36.4 Å². The van der Waals surface area contributed by atoms with Crippen LogP contribution in [0.5, 0.6) is 0 Å². The van der Waals surface area contributed by atoms with Gasteiger partial charge >= 0.3 is 21.1 Å². The molecule has 2 nitrogen and oxygen atoms in total. The number of nitrogens with zero attached hydrogens (tertiary/aromatic N) is 2. The summed E-state index contributed by atoms with van der Waals surface area (Å²) in [5.74, 6) is 0. The maximum Gasteiger partial charge on any atom is 2.00 e. The van der Waals surface area contributed by atoms with Crippen molar-refractivity contribution in [2.45, 2.75) is 6.92 Å². The third-order valence-corrected chi connectivity index (χ3v) is 3.76. The van der Waals surface area contributed by atoms with Crippen molar-refractivity contribution in [3.8, 4) is 11.3 Å². The van der Waals surface area contributed by atoms with Gasteiger partial charge in [-0.05, 0) is 30.8 Å². The molecule has 0 fully saturated rings. The van der Waals surface area contributed by atoms with Crippen molar-refractivity contribution in [2.24, 2.45) is 4.99 Å². The average molecular weight is 544 g/mol. The van der Waals surface area contributed by atoms with Gasteiger partial charge in [-0.25, -0.2) is 0 Å². The van der Waals surface area contributed by atoms with E-state index in [1.165, 1.54) is 0 Å². The van der Waals surface area contributed by atoms with E-state index in [-0.39, 0.29) is 21.1 Å². The Morgan fingerprint density at radius 1 is 0.750 bits per heavy atom. The van der Waals surface area contributed by atoms with Gasteiger partial charge in [-0.1, -0.05) is 30.3 Å². The van der Waals surface area contributed by atoms with Crippen molar-refractivity contribution in [3.63, 3.8) is 0 Å². The van der Waals surface area contributed by atoms with E-state index in [1.807, 2.05) is 110 Å². The summed E-state index contributed by atoms with van der Waals surface area (Å²) in [5, 5.41) is 0. The molecule has 0 bridgehead atoms. The summed E-state index contributed by atoms with van der Waals surface area (Å²) in [6.45, 7) is 1.98. The largest absolute Gasteiger partial charge is 2.00 e. The number of pyridine rings is 1. The van der Waals surface area contributed by atoms with Crippen LogP contribution in [0.25, 0.3) is 11.3 Å². The molecule has 0 radical (unpaired) electrons. The molecule has 28 heavy (non-hydrogen) atoms. The first-order valence-electron chi connectivity index (χ1n) is 8.79. The van der Waals surface area contributed by atoms with Crippen LogP contribution in [-0.4, -0.2) is 10.7 Å². The van der Waals surface area contributed by atoms with E-state index in [0.717, 1.165) is 28.4 Å². The van der Waals surface area contributed by atoms with Crippen molar-refractivity contribution in [1.82, 2.24) is 4.98 Å². The number of hydrogen-bond donors (Lipinski definition) is 0. The summed E-state index contributed by atoms with van der Waals surface area (Å²) in [7, 11) is 0. The number of benzene rings is 3. The van der Waals surface area contributed by atoms with Gasteiger partial charge < -0.3 is 0 Å². The number of para-hydroxylation sites is 1. The molecule has 0 atom stereocenters. The third-order valence-electron chi connectivity index (χ3n) is 3.76. The molecule has 4 rings (SSSR count). The van der Waals surface area contributed by atoms with E-state index < -0.39 is 0 Å². The zero-order valence-electron chi connectivity index (χ0n) is 15.5. The summed E-state index contributed by atoms with van der Waals surface area (Å²) >= 11 is 0. The molecule has 0 saturated heterocycles. The van der Waals surface area contributed by atoms with E-state index in [1.54, 1.807) is 0 Å². The monoisotopic (exact) mass is 543 g/mol. The van der Waals surface area contributed by atoms with Crippen molar-refractivity contribution in [2.75, 3.05) is 0 Å². The SMILES string of the molecule is CC(=Nc1ccccc1)c1cccc(-c2[c-]cccc2)n1.[Pt+2].[c-]1ccccc1. The number of hydrogen-bond acceptors (Lipinski definition) is 2. The van der Waals surface area contributed by atoms with Crippen molar-refractivity contribution in [3.05, 3.63) is 121 Å². The summed E-state index contributed by atoms with van der Waals surface area (Å²) in [6.07, 6.45) is 0. The second-order valence-corrected chi connectivity index (χ2v) is 5.79. The number of rotatable bonds is 3. The maximum absolute atomic E-state index is 4.68. The summed E-state index contributed by atoms with van der Waals surface area (Å²) < 4.78 is 0. The smallest absolute Gasteiger partial charge is 0.295 e. The Bertz CT molecular complexity index is 942. The van der Waals surface area contributed by atoms with E-state index >= 15 is 0 Å². The molecule has 140 valence electrons. The van der Waals surface area contributed by atoms with E-state index in [0.29, 0.717) is 0 Å². The molecule has 1 heterocycles. The quantitative estimate of drug-likeness (QED) is 0.224. The van der Waals surface area contributed by atoms with E-state index in [2.05, 4.69) is 22.1 Å². The normalized spacial score (nSPS) is 10.2. The Balaban J connectivity index is 0.000000344. The van der Waals surface area contributed by atoms with Gasteiger partial charge in [0.25, 0.3) is 0 Å². The molecule has 0 aliphatic rings. The topological polar surface area (TPSA) is 25.2 Å². The predicted molar refractivity (Wildman–Crippen MR) is 112 cm³/mol. The molecule has 1 aromatic heterocycles. The minimum Gasteiger partial charge on any atom is -0.295 e. The summed E-state index contributed by atoms with van der Waals surface area (Å²) in [6, 6.07) is 39.4. The van der Waals surface area contributed by atoms with Crippen molar-refractivity contribution in [1.29, 1.82) is 0 Å². The average Bonchev–Trinajstić information content (AvgIpc) is 2.77. The van der Waals surface area contributed by atoms with Gasteiger partial charge in [0.15, 0.2) is 0 Å². The van der Waals surface area contributed by atoms with Crippen LogP contribution < -0.4 is 0 Å². The Hall–Kier alpha value is -2.83. The van der Waals surface area contributed by atoms with Gasteiger partial charge in [-0.3, -0.25) is 9.98 Å². The van der Waals surface area contributed by atoms with Crippen LogP contribution in [0.15, 0.2) is 108 Å². The molecule has 0 aliphatic heterocycles. The second-order valence-electron chi connectivity index (χ2n) is 5.79. The van der Waals surface area contributed by atoms with Crippen LogP contribution in [0.2, 0.25) is 0 Å². The summed E-state index contributed by atoms with van der Waals surface area (Å²) in [4.78, 5) is 9.29. The second kappa shape index (κ2) is 11.8. The molecule has 3 aromatic carbocycles. The van der Waals surface area contributed by atoms with E-state index in [4.69, 9.17) is 0 Å². The van der Waals surface area contributed by atoms with Crippen LogP contribution >= 0.6 is 0 Å². The molecule has 0 N–H and O–H groups in total. The van der Waals surface area contributed by atoms with Gasteiger partial charge in [0, 0.05) is 0 Å². The molecule has 0 saturated carbocycles. The first-order valence-corrected chi connectivity index (χ1v) is 8.79. The molecular weight excluding hydrogens is 523 g/mol. The zero-order valence-corrected chi connectivity index (χ0v) is 17.8. The van der Waals surface area contributed by atoms with E-state index in [9.17, 15) is 0 Å². The molecule has 0 aliphatic carbocycles. The maximum atomic E-state index is 4.68. The minimum absolute atomic E-state index is 0. The first-order chi connectivity index (χ1) is 13.3. The van der Waals surface area contributed by atoms with Gasteiger partial charge in [0.1, 0.15) is 0 Å². The first kappa shape index (κ1) is 21.5. The molecular formula is C25H20N2Pt. The standard InChI is InChI=1S/C19H15N2.C6H5.Pt/c1-15(20-17-11-6-3-7-12-17)18-13-8-14-19(21-18)16-9-4-2-5-10-16;1-2-4-6-5-3-1;/h2-9,11-14H,1H3;1-5H;/q2*-1;+2. The fraction of sp³-hybridized carbons (Fsp3) is 0.0400. The van der Waals surface area contributed by atoms with Crippen LogP contribution in [0.1, 0.15) is 12.6 Å². The fourth-order valence-electron chi connectivity index (χ4n) is 2.43. The Morgan fingerprint density at radius 2 is 1.43 bits per heavy atom. The fourth-order valence-corrected chi connectivity index (χ4v) is 2.43. The minimum atomic E-state index is 0. The van der Waals surface area contributed by atoms with Crippen LogP contribution in [0, 0.1) is 12.1 Å². The summed E-state index contributed by atoms with van der Waals surface area (Å²) in [5.41, 5.74) is 4.63. The van der Waals surface area contributed by atoms with Crippen LogP contribution in [0.4, 0.5) is 5.69 Å². The van der Waals surface area contributed by atoms with Gasteiger partial charge in [0.05, 0.1) is 17.1 Å². The van der Waals surface area contributed by atoms with Crippen LogP contribution in [0.3, 0.4) is 0 Å². The Morgan fingerprint density at radius 3 is 2.04 bits per heavy atom. The molecule has 0 unspecified atom stereocenters. The molecule has 0 spiro atoms. The third kappa shape index (κ3) is 6.72. The number of aliphatic imine (C=N–C) groups is 1. The van der Waals surface area contributed by atoms with Crippen LogP contribution in [-0.2, 0) is 21.1 Å². The van der Waals surface area contributed by atoms with Crippen molar-refractivity contribution >= 4 is 11.4 Å². The number of aromatic nitrogens is 1. The van der Waals surface area contributed by atoms with Gasteiger partial charge in [-0.15, -0.1) is 35.9 Å². The molecule has 3 heteroatoms. The zero-order chi connectivity index (χ0) is 18.7. The van der Waals surface area contributed by atoms with Crippen molar-refractivity contribution < 1.29 is 21.1 Å². The Kier molecular flexibility index (Phi) is 9.04.